The van der Waals surface area contributed by atoms with Gasteiger partial charge in [-0.1, -0.05) is 26.7 Å². The molecule has 1 fully saturated rings. The predicted molar refractivity (Wildman–Crippen MR) is 130 cm³/mol. The molecule has 0 radical (unpaired) electrons. The second-order valence-corrected chi connectivity index (χ2v) is 9.52. The van der Waals surface area contributed by atoms with Gasteiger partial charge in [0.05, 0.1) is 5.69 Å². The molecular formula is C26H30N6O. The number of rotatable bonds is 6. The van der Waals surface area contributed by atoms with E-state index in [-0.39, 0.29) is 5.75 Å². The van der Waals surface area contributed by atoms with E-state index in [1.54, 1.807) is 12.3 Å². The van der Waals surface area contributed by atoms with Crippen LogP contribution in [0.5, 0.6) is 5.75 Å². The number of aryl methyl sites for hydroxylation is 1. The first kappa shape index (κ1) is 21.4. The van der Waals surface area contributed by atoms with E-state index in [1.165, 1.54) is 25.7 Å². The number of anilines is 1. The normalized spacial score (nSPS) is 18.3. The first-order chi connectivity index (χ1) is 15.9. The summed E-state index contributed by atoms with van der Waals surface area (Å²) in [5.74, 6) is 0.976. The van der Waals surface area contributed by atoms with Gasteiger partial charge in [-0.3, -0.25) is 0 Å². The topological polar surface area (TPSA) is 79.4 Å². The third-order valence-corrected chi connectivity index (χ3v) is 6.68. The molecule has 33 heavy (non-hydrogen) atoms. The van der Waals surface area contributed by atoms with Crippen LogP contribution in [0.4, 0.5) is 5.82 Å². The van der Waals surface area contributed by atoms with Crippen LogP contribution < -0.4 is 4.90 Å². The van der Waals surface area contributed by atoms with Crippen LogP contribution in [0.1, 0.15) is 45.2 Å². The molecule has 5 heterocycles. The molecule has 0 saturated carbocycles. The lowest BCUT2D eigenvalue weighted by Gasteiger charge is -2.24. The lowest BCUT2D eigenvalue weighted by molar-refractivity contribution is 0.327. The highest BCUT2D eigenvalue weighted by Crippen LogP contribution is 2.37. The maximum absolute atomic E-state index is 10.7. The maximum Gasteiger partial charge on any atom is 0.151 e. The van der Waals surface area contributed by atoms with Gasteiger partial charge in [0.1, 0.15) is 22.8 Å². The van der Waals surface area contributed by atoms with Crippen molar-refractivity contribution < 1.29 is 5.11 Å². The summed E-state index contributed by atoms with van der Waals surface area (Å²) in [5.41, 5.74) is 5.00. The Labute approximate surface area is 194 Å². The van der Waals surface area contributed by atoms with Gasteiger partial charge in [-0.15, -0.1) is 10.2 Å². The van der Waals surface area contributed by atoms with Crippen LogP contribution in [0.2, 0.25) is 0 Å². The molecular weight excluding hydrogens is 412 g/mol. The van der Waals surface area contributed by atoms with Crippen molar-refractivity contribution in [2.75, 3.05) is 18.0 Å². The molecule has 1 atom stereocenters. The van der Waals surface area contributed by atoms with Gasteiger partial charge in [-0.25, -0.2) is 9.97 Å². The average Bonchev–Trinajstić information content (AvgIpc) is 3.39. The van der Waals surface area contributed by atoms with Crippen molar-refractivity contribution in [3.8, 4) is 28.3 Å². The van der Waals surface area contributed by atoms with Crippen LogP contribution in [-0.4, -0.2) is 42.8 Å². The van der Waals surface area contributed by atoms with Crippen molar-refractivity contribution in [2.24, 2.45) is 5.41 Å². The number of nitrogens with zero attached hydrogens (tertiary/aromatic N) is 6. The quantitative estimate of drug-likeness (QED) is 0.438. The van der Waals surface area contributed by atoms with Crippen molar-refractivity contribution in [1.29, 1.82) is 0 Å². The van der Waals surface area contributed by atoms with E-state index in [9.17, 15) is 5.11 Å². The fraction of sp³-hybridized carbons (Fsp3) is 0.385. The Kier molecular flexibility index (Phi) is 5.48. The van der Waals surface area contributed by atoms with E-state index in [0.29, 0.717) is 16.8 Å². The Morgan fingerprint density at radius 1 is 1.09 bits per heavy atom. The third-order valence-electron chi connectivity index (χ3n) is 6.68. The van der Waals surface area contributed by atoms with Crippen molar-refractivity contribution in [3.63, 3.8) is 0 Å². The summed E-state index contributed by atoms with van der Waals surface area (Å²) < 4.78 is 1.98. The molecule has 0 amide bonds. The second kappa shape index (κ2) is 8.46. The Balaban J connectivity index is 1.34. The molecule has 1 N–H and O–H groups in total. The zero-order chi connectivity index (χ0) is 23.0. The molecule has 170 valence electrons. The molecule has 1 saturated heterocycles. The van der Waals surface area contributed by atoms with Gasteiger partial charge in [-0.2, -0.15) is 0 Å². The number of imidazole rings is 1. The molecule has 0 aliphatic carbocycles. The molecule has 4 aromatic heterocycles. The monoisotopic (exact) mass is 442 g/mol. The summed E-state index contributed by atoms with van der Waals surface area (Å²) >= 11 is 0. The first-order valence-corrected chi connectivity index (χ1v) is 11.7. The summed E-state index contributed by atoms with van der Waals surface area (Å²) in [6, 6.07) is 9.55. The number of hydrogen-bond acceptors (Lipinski definition) is 6. The fourth-order valence-electron chi connectivity index (χ4n) is 4.74. The van der Waals surface area contributed by atoms with Crippen molar-refractivity contribution >= 4 is 11.5 Å². The fourth-order valence-corrected chi connectivity index (χ4v) is 4.74. The Hall–Kier alpha value is -3.48. The summed E-state index contributed by atoms with van der Waals surface area (Å²) in [4.78, 5) is 11.3. The average molecular weight is 443 g/mol. The second-order valence-electron chi connectivity index (χ2n) is 9.52. The van der Waals surface area contributed by atoms with Crippen LogP contribution in [0.25, 0.3) is 28.2 Å². The molecule has 7 nitrogen and oxygen atoms in total. The molecule has 1 unspecified atom stereocenters. The van der Waals surface area contributed by atoms with E-state index >= 15 is 0 Å². The molecule has 0 spiro atoms. The highest BCUT2D eigenvalue weighted by Gasteiger charge is 2.33. The lowest BCUT2D eigenvalue weighted by atomic mass is 9.84. The van der Waals surface area contributed by atoms with Gasteiger partial charge in [0, 0.05) is 42.8 Å². The van der Waals surface area contributed by atoms with Gasteiger partial charge < -0.3 is 14.4 Å². The van der Waals surface area contributed by atoms with Crippen molar-refractivity contribution in [3.05, 3.63) is 54.6 Å². The number of aromatic nitrogens is 5. The standard InChI is InChI=1S/C26H30N6O/c1-4-5-10-26(3)11-12-31(17-26)24-9-7-21(29-30-24)25-22(33)13-20(14-27-25)19-6-8-23-28-18(2)15-32(23)16-19/h6-9,13-16,33H,4-5,10-12,17H2,1-3H3. The zero-order valence-corrected chi connectivity index (χ0v) is 19.5. The lowest BCUT2D eigenvalue weighted by Crippen LogP contribution is -2.25. The third kappa shape index (κ3) is 4.27. The maximum atomic E-state index is 10.7. The molecule has 7 heteroatoms. The van der Waals surface area contributed by atoms with Gasteiger partial charge in [-0.05, 0) is 55.5 Å². The van der Waals surface area contributed by atoms with E-state index in [4.69, 9.17) is 0 Å². The van der Waals surface area contributed by atoms with Crippen LogP contribution in [-0.2, 0) is 0 Å². The summed E-state index contributed by atoms with van der Waals surface area (Å²) in [5, 5.41) is 19.5. The van der Waals surface area contributed by atoms with Crippen molar-refractivity contribution in [1.82, 2.24) is 24.6 Å². The van der Waals surface area contributed by atoms with E-state index < -0.39 is 0 Å². The minimum Gasteiger partial charge on any atom is -0.506 e. The van der Waals surface area contributed by atoms with Gasteiger partial charge in [0.2, 0.25) is 0 Å². The van der Waals surface area contributed by atoms with Gasteiger partial charge in [0.15, 0.2) is 5.82 Å². The van der Waals surface area contributed by atoms with E-state index in [2.05, 4.69) is 38.9 Å². The number of fused-ring (bicyclic) bond motifs is 1. The smallest absolute Gasteiger partial charge is 0.151 e. The number of aromatic hydroxyl groups is 1. The first-order valence-electron chi connectivity index (χ1n) is 11.7. The van der Waals surface area contributed by atoms with Crippen LogP contribution in [0.3, 0.4) is 0 Å². The Bertz CT molecular complexity index is 1280. The molecule has 0 aromatic carbocycles. The predicted octanol–water partition coefficient (Wildman–Crippen LogP) is 5.27. The number of pyridine rings is 2. The zero-order valence-electron chi connectivity index (χ0n) is 19.5. The molecule has 5 rings (SSSR count). The number of unbranched alkanes of at least 4 members (excludes halogenated alkanes) is 1. The van der Waals surface area contributed by atoms with E-state index in [1.807, 2.05) is 48.0 Å². The summed E-state index contributed by atoms with van der Waals surface area (Å²) in [6.07, 6.45) is 10.7. The van der Waals surface area contributed by atoms with Crippen LogP contribution in [0.15, 0.2) is 48.9 Å². The highest BCUT2D eigenvalue weighted by molar-refractivity contribution is 5.71. The van der Waals surface area contributed by atoms with Crippen LogP contribution in [0, 0.1) is 12.3 Å². The minimum absolute atomic E-state index is 0.0878. The minimum atomic E-state index is 0.0878. The molecule has 1 aliphatic rings. The highest BCUT2D eigenvalue weighted by atomic mass is 16.3. The molecule has 1 aliphatic heterocycles. The number of hydrogen-bond donors (Lipinski definition) is 1. The summed E-state index contributed by atoms with van der Waals surface area (Å²) in [7, 11) is 0. The summed E-state index contributed by atoms with van der Waals surface area (Å²) in [6.45, 7) is 8.61. The van der Waals surface area contributed by atoms with Crippen LogP contribution >= 0.6 is 0 Å². The van der Waals surface area contributed by atoms with Gasteiger partial charge in [0.25, 0.3) is 0 Å². The Morgan fingerprint density at radius 2 is 1.97 bits per heavy atom. The SMILES string of the molecule is CCCCC1(C)CCN(c2ccc(-c3ncc(-c4ccc5nc(C)cn5c4)cc3O)nn2)C1. The van der Waals surface area contributed by atoms with Crippen molar-refractivity contribution in [2.45, 2.75) is 46.5 Å². The van der Waals surface area contributed by atoms with Gasteiger partial charge >= 0.3 is 0 Å². The molecule has 0 bridgehead atoms. The largest absolute Gasteiger partial charge is 0.506 e. The molecule has 4 aromatic rings. The van der Waals surface area contributed by atoms with E-state index in [0.717, 1.165) is 41.4 Å². The Morgan fingerprint density at radius 3 is 2.73 bits per heavy atom.